The van der Waals surface area contributed by atoms with Crippen molar-refractivity contribution in [2.45, 2.75) is 33.2 Å². The molecule has 2 heterocycles. The summed E-state index contributed by atoms with van der Waals surface area (Å²) in [5.74, 6) is 0.113. The number of carbonyl (C=O) groups excluding carboxylic acids is 1. The lowest BCUT2D eigenvalue weighted by Gasteiger charge is -2.11. The van der Waals surface area contributed by atoms with Crippen LogP contribution in [0.4, 0.5) is 0 Å². The van der Waals surface area contributed by atoms with E-state index in [-0.39, 0.29) is 5.78 Å². The van der Waals surface area contributed by atoms with E-state index in [4.69, 9.17) is 0 Å². The van der Waals surface area contributed by atoms with Gasteiger partial charge in [0.05, 0.1) is 17.3 Å². The average Bonchev–Trinajstić information content (AvgIpc) is 2.72. The average molecular weight is 207 g/mol. The van der Waals surface area contributed by atoms with Gasteiger partial charge in [-0.1, -0.05) is 0 Å². The standard InChI is InChI=1S/C11H17N3O/c1-7-11(9(3)15)8(2)14(13-7)10-4-5-12-6-10/h10,12H,4-6H2,1-3H3. The molecule has 0 bridgehead atoms. The lowest BCUT2D eigenvalue weighted by molar-refractivity contribution is 0.101. The van der Waals surface area contributed by atoms with Crippen LogP contribution in [-0.2, 0) is 0 Å². The minimum Gasteiger partial charge on any atom is -0.315 e. The molecule has 4 heteroatoms. The Kier molecular flexibility index (Phi) is 2.61. The zero-order valence-corrected chi connectivity index (χ0v) is 9.50. The normalized spacial score (nSPS) is 20.9. The maximum atomic E-state index is 11.4. The van der Waals surface area contributed by atoms with Gasteiger partial charge in [-0.25, -0.2) is 0 Å². The molecule has 0 radical (unpaired) electrons. The molecule has 82 valence electrons. The fourth-order valence-corrected chi connectivity index (χ4v) is 2.38. The quantitative estimate of drug-likeness (QED) is 0.742. The molecule has 1 aromatic heterocycles. The van der Waals surface area contributed by atoms with Gasteiger partial charge < -0.3 is 5.32 Å². The Balaban J connectivity index is 2.40. The molecule has 1 aliphatic rings. The predicted octanol–water partition coefficient (Wildman–Crippen LogP) is 1.24. The van der Waals surface area contributed by atoms with Crippen LogP contribution in [0, 0.1) is 13.8 Å². The van der Waals surface area contributed by atoms with Crippen molar-refractivity contribution in [2.75, 3.05) is 13.1 Å². The van der Waals surface area contributed by atoms with E-state index in [2.05, 4.69) is 10.4 Å². The first-order chi connectivity index (χ1) is 7.11. The zero-order valence-electron chi connectivity index (χ0n) is 9.50. The molecule has 0 aromatic carbocycles. The van der Waals surface area contributed by atoms with E-state index in [9.17, 15) is 4.79 Å². The van der Waals surface area contributed by atoms with Gasteiger partial charge in [0.15, 0.2) is 5.78 Å². The van der Waals surface area contributed by atoms with Crippen LogP contribution in [0.1, 0.15) is 41.1 Å². The van der Waals surface area contributed by atoms with E-state index in [0.717, 1.165) is 36.5 Å². The van der Waals surface area contributed by atoms with Crippen molar-refractivity contribution in [1.29, 1.82) is 0 Å². The molecule has 1 saturated heterocycles. The molecule has 1 atom stereocenters. The second-order valence-corrected chi connectivity index (χ2v) is 4.19. The Bertz CT molecular complexity index is 389. The predicted molar refractivity (Wildman–Crippen MR) is 58.2 cm³/mol. The third-order valence-electron chi connectivity index (χ3n) is 3.06. The van der Waals surface area contributed by atoms with Crippen molar-refractivity contribution in [1.82, 2.24) is 15.1 Å². The van der Waals surface area contributed by atoms with Crippen molar-refractivity contribution in [2.24, 2.45) is 0 Å². The number of carbonyl (C=O) groups is 1. The lowest BCUT2D eigenvalue weighted by atomic mass is 10.1. The highest BCUT2D eigenvalue weighted by molar-refractivity contribution is 5.96. The number of Topliss-reactive ketones (excluding diaryl/α,β-unsaturated/α-hetero) is 1. The number of rotatable bonds is 2. The van der Waals surface area contributed by atoms with Crippen LogP contribution in [-0.4, -0.2) is 28.7 Å². The summed E-state index contributed by atoms with van der Waals surface area (Å²) in [5.41, 5.74) is 2.66. The highest BCUT2D eigenvalue weighted by atomic mass is 16.1. The Hall–Kier alpha value is -1.16. The van der Waals surface area contributed by atoms with Crippen LogP contribution in [0.25, 0.3) is 0 Å². The SMILES string of the molecule is CC(=O)c1c(C)nn(C2CCNC2)c1C. The maximum Gasteiger partial charge on any atom is 0.163 e. The molecule has 1 aliphatic heterocycles. The summed E-state index contributed by atoms with van der Waals surface area (Å²) in [6.45, 7) is 7.49. The van der Waals surface area contributed by atoms with Gasteiger partial charge in [0.25, 0.3) is 0 Å². The fourth-order valence-electron chi connectivity index (χ4n) is 2.38. The first kappa shape index (κ1) is 10.4. The lowest BCUT2D eigenvalue weighted by Crippen LogP contribution is -2.16. The summed E-state index contributed by atoms with van der Waals surface area (Å²) in [6, 6.07) is 0.414. The Morgan fingerprint density at radius 2 is 2.27 bits per heavy atom. The van der Waals surface area contributed by atoms with Gasteiger partial charge in [0.1, 0.15) is 0 Å². The summed E-state index contributed by atoms with van der Waals surface area (Å²) < 4.78 is 2.01. The molecule has 0 aliphatic carbocycles. The van der Waals surface area contributed by atoms with Crippen LogP contribution in [0.15, 0.2) is 0 Å². The molecule has 15 heavy (non-hydrogen) atoms. The largest absolute Gasteiger partial charge is 0.315 e. The summed E-state index contributed by atoms with van der Waals surface area (Å²) >= 11 is 0. The van der Waals surface area contributed by atoms with Crippen LogP contribution >= 0.6 is 0 Å². The Morgan fingerprint density at radius 3 is 2.73 bits per heavy atom. The summed E-state index contributed by atoms with van der Waals surface area (Å²) in [5, 5.41) is 7.78. The summed E-state index contributed by atoms with van der Waals surface area (Å²) in [4.78, 5) is 11.4. The Labute approximate surface area is 89.7 Å². The first-order valence-corrected chi connectivity index (χ1v) is 5.38. The van der Waals surface area contributed by atoms with Crippen molar-refractivity contribution in [3.05, 3.63) is 17.0 Å². The minimum atomic E-state index is 0.113. The number of aryl methyl sites for hydroxylation is 1. The van der Waals surface area contributed by atoms with Gasteiger partial charge in [0.2, 0.25) is 0 Å². The van der Waals surface area contributed by atoms with Crippen molar-refractivity contribution in [3.8, 4) is 0 Å². The van der Waals surface area contributed by atoms with Crippen molar-refractivity contribution in [3.63, 3.8) is 0 Å². The molecule has 2 rings (SSSR count). The fraction of sp³-hybridized carbons (Fsp3) is 0.636. The van der Waals surface area contributed by atoms with Gasteiger partial charge in [-0.05, 0) is 33.7 Å². The van der Waals surface area contributed by atoms with E-state index < -0.39 is 0 Å². The van der Waals surface area contributed by atoms with Gasteiger partial charge in [-0.3, -0.25) is 9.48 Å². The molecule has 1 aromatic rings. The third kappa shape index (κ3) is 1.69. The Morgan fingerprint density at radius 1 is 1.53 bits per heavy atom. The third-order valence-corrected chi connectivity index (χ3v) is 3.06. The molecule has 0 saturated carbocycles. The molecule has 0 amide bonds. The van der Waals surface area contributed by atoms with E-state index >= 15 is 0 Å². The van der Waals surface area contributed by atoms with E-state index in [1.54, 1.807) is 6.92 Å². The van der Waals surface area contributed by atoms with Crippen molar-refractivity contribution >= 4 is 5.78 Å². The minimum absolute atomic E-state index is 0.113. The number of ketones is 1. The zero-order chi connectivity index (χ0) is 11.0. The summed E-state index contributed by atoms with van der Waals surface area (Å²) in [6.07, 6.45) is 1.10. The number of nitrogens with one attached hydrogen (secondary N) is 1. The van der Waals surface area contributed by atoms with Crippen LogP contribution < -0.4 is 5.32 Å². The highest BCUT2D eigenvalue weighted by Gasteiger charge is 2.23. The topological polar surface area (TPSA) is 46.9 Å². The van der Waals surface area contributed by atoms with E-state index in [0.29, 0.717) is 6.04 Å². The summed E-state index contributed by atoms with van der Waals surface area (Å²) in [7, 11) is 0. The number of aromatic nitrogens is 2. The molecular weight excluding hydrogens is 190 g/mol. The number of hydrogen-bond donors (Lipinski definition) is 1. The van der Waals surface area contributed by atoms with Gasteiger partial charge in [0, 0.05) is 12.2 Å². The van der Waals surface area contributed by atoms with Crippen LogP contribution in [0.2, 0.25) is 0 Å². The highest BCUT2D eigenvalue weighted by Crippen LogP contribution is 2.21. The molecule has 1 unspecified atom stereocenters. The second-order valence-electron chi connectivity index (χ2n) is 4.19. The maximum absolute atomic E-state index is 11.4. The first-order valence-electron chi connectivity index (χ1n) is 5.38. The number of hydrogen-bond acceptors (Lipinski definition) is 3. The molecule has 0 spiro atoms. The van der Waals surface area contributed by atoms with Crippen LogP contribution in [0.3, 0.4) is 0 Å². The molecule has 1 fully saturated rings. The van der Waals surface area contributed by atoms with Crippen molar-refractivity contribution < 1.29 is 4.79 Å². The smallest absolute Gasteiger partial charge is 0.163 e. The van der Waals surface area contributed by atoms with E-state index in [1.165, 1.54) is 0 Å². The molecule has 1 N–H and O–H groups in total. The van der Waals surface area contributed by atoms with Gasteiger partial charge in [-0.15, -0.1) is 0 Å². The molecule has 4 nitrogen and oxygen atoms in total. The number of nitrogens with zero attached hydrogens (tertiary/aromatic N) is 2. The van der Waals surface area contributed by atoms with Gasteiger partial charge >= 0.3 is 0 Å². The van der Waals surface area contributed by atoms with Crippen LogP contribution in [0.5, 0.6) is 0 Å². The molecular formula is C11H17N3O. The second kappa shape index (κ2) is 3.77. The van der Waals surface area contributed by atoms with Gasteiger partial charge in [-0.2, -0.15) is 5.10 Å². The van der Waals surface area contributed by atoms with E-state index in [1.807, 2.05) is 18.5 Å². The monoisotopic (exact) mass is 207 g/mol.